The van der Waals surface area contributed by atoms with Gasteiger partial charge in [-0.1, -0.05) is 32.4 Å². The fourth-order valence-electron chi connectivity index (χ4n) is 2.42. The third-order valence-corrected chi connectivity index (χ3v) is 4.91. The van der Waals surface area contributed by atoms with E-state index in [1.165, 1.54) is 16.9 Å². The number of carbonyl (C=O) groups excluding carboxylic acids is 2. The van der Waals surface area contributed by atoms with Crippen molar-refractivity contribution in [3.05, 3.63) is 46.3 Å². The molecule has 1 aromatic heterocycles. The van der Waals surface area contributed by atoms with Crippen LogP contribution >= 0.6 is 11.3 Å². The van der Waals surface area contributed by atoms with E-state index in [1.807, 2.05) is 31.2 Å². The first-order valence-corrected chi connectivity index (χ1v) is 9.70. The van der Waals surface area contributed by atoms with Gasteiger partial charge in [0, 0.05) is 4.88 Å². The quantitative estimate of drug-likeness (QED) is 0.657. The number of carbonyl (C=O) groups is 2. The highest BCUT2D eigenvalue weighted by Crippen LogP contribution is 2.29. The normalized spacial score (nSPS) is 10.4. The van der Waals surface area contributed by atoms with Crippen LogP contribution in [0.15, 0.2) is 30.3 Å². The Labute approximate surface area is 158 Å². The van der Waals surface area contributed by atoms with E-state index >= 15 is 0 Å². The number of esters is 1. The molecule has 0 saturated heterocycles. The van der Waals surface area contributed by atoms with Crippen LogP contribution in [0, 0.1) is 0 Å². The highest BCUT2D eigenvalue weighted by molar-refractivity contribution is 7.16. The van der Waals surface area contributed by atoms with Crippen LogP contribution in [0.4, 0.5) is 5.00 Å². The van der Waals surface area contributed by atoms with Crippen molar-refractivity contribution in [3.8, 4) is 5.75 Å². The molecule has 0 saturated carbocycles. The van der Waals surface area contributed by atoms with Gasteiger partial charge in [0.25, 0.3) is 5.91 Å². The minimum atomic E-state index is -0.425. The van der Waals surface area contributed by atoms with Crippen molar-refractivity contribution in [2.45, 2.75) is 40.0 Å². The molecule has 0 aliphatic carbocycles. The number of anilines is 1. The number of aryl methyl sites for hydroxylation is 2. The maximum absolute atomic E-state index is 12.2. The Kier molecular flexibility index (Phi) is 7.66. The fourth-order valence-corrected chi connectivity index (χ4v) is 3.42. The lowest BCUT2D eigenvalue weighted by molar-refractivity contribution is -0.118. The summed E-state index contributed by atoms with van der Waals surface area (Å²) in [4.78, 5) is 25.3. The highest BCUT2D eigenvalue weighted by atomic mass is 32.1. The van der Waals surface area contributed by atoms with Crippen LogP contribution in [0.5, 0.6) is 5.75 Å². The van der Waals surface area contributed by atoms with Crippen molar-refractivity contribution in [1.29, 1.82) is 0 Å². The van der Waals surface area contributed by atoms with Gasteiger partial charge < -0.3 is 14.8 Å². The number of hydrogen-bond acceptors (Lipinski definition) is 5. The third-order valence-electron chi connectivity index (χ3n) is 3.71. The molecule has 0 bridgehead atoms. The van der Waals surface area contributed by atoms with E-state index in [-0.39, 0.29) is 12.5 Å². The Balaban J connectivity index is 1.96. The average Bonchev–Trinajstić information content (AvgIpc) is 3.04. The standard InChI is InChI=1S/C20H25NO4S/c1-4-7-14-8-10-15(11-9-14)25-13-18(22)21-19-17(20(23)24-6-3)12-16(5-2)26-19/h8-12H,4-7,13H2,1-3H3,(H,21,22). The molecule has 6 heteroatoms. The second-order valence-corrected chi connectivity index (χ2v) is 6.90. The van der Waals surface area contributed by atoms with E-state index in [1.54, 1.807) is 13.0 Å². The second-order valence-electron chi connectivity index (χ2n) is 5.76. The number of thiophene rings is 1. The third kappa shape index (κ3) is 5.59. The van der Waals surface area contributed by atoms with Gasteiger partial charge >= 0.3 is 5.97 Å². The Morgan fingerprint density at radius 2 is 1.85 bits per heavy atom. The largest absolute Gasteiger partial charge is 0.484 e. The van der Waals surface area contributed by atoms with Crippen molar-refractivity contribution < 1.29 is 19.1 Å². The average molecular weight is 375 g/mol. The molecular formula is C20H25NO4S. The summed E-state index contributed by atoms with van der Waals surface area (Å²) in [7, 11) is 0. The minimum Gasteiger partial charge on any atom is -0.484 e. The summed E-state index contributed by atoms with van der Waals surface area (Å²) in [6.07, 6.45) is 2.90. The topological polar surface area (TPSA) is 64.6 Å². The number of rotatable bonds is 9. The number of amides is 1. The molecule has 0 radical (unpaired) electrons. The summed E-state index contributed by atoms with van der Waals surface area (Å²) in [5.41, 5.74) is 1.64. The maximum Gasteiger partial charge on any atom is 0.341 e. The van der Waals surface area contributed by atoms with Gasteiger partial charge in [0.15, 0.2) is 6.61 Å². The minimum absolute atomic E-state index is 0.116. The molecule has 0 spiro atoms. The number of nitrogens with one attached hydrogen (secondary N) is 1. The lowest BCUT2D eigenvalue weighted by Gasteiger charge is -2.08. The zero-order chi connectivity index (χ0) is 18.9. The van der Waals surface area contributed by atoms with Crippen LogP contribution < -0.4 is 10.1 Å². The van der Waals surface area contributed by atoms with E-state index < -0.39 is 5.97 Å². The Morgan fingerprint density at radius 3 is 2.46 bits per heavy atom. The Morgan fingerprint density at radius 1 is 1.12 bits per heavy atom. The molecule has 140 valence electrons. The van der Waals surface area contributed by atoms with Crippen molar-refractivity contribution in [2.24, 2.45) is 0 Å². The van der Waals surface area contributed by atoms with Crippen LogP contribution in [0.1, 0.15) is 48.0 Å². The lowest BCUT2D eigenvalue weighted by Crippen LogP contribution is -2.21. The summed E-state index contributed by atoms with van der Waals surface area (Å²) in [6.45, 7) is 6.06. The van der Waals surface area contributed by atoms with Crippen LogP contribution in [0.3, 0.4) is 0 Å². The first-order valence-electron chi connectivity index (χ1n) is 8.88. The molecule has 0 aliphatic rings. The van der Waals surface area contributed by atoms with Crippen LogP contribution in [0.25, 0.3) is 0 Å². The molecule has 0 aliphatic heterocycles. The SMILES string of the molecule is CCCc1ccc(OCC(=O)Nc2sc(CC)cc2C(=O)OCC)cc1. The van der Waals surface area contributed by atoms with Crippen LogP contribution in [-0.2, 0) is 22.4 Å². The van der Waals surface area contributed by atoms with Gasteiger partial charge in [-0.05, 0) is 43.5 Å². The van der Waals surface area contributed by atoms with Gasteiger partial charge in [-0.25, -0.2) is 4.79 Å². The lowest BCUT2D eigenvalue weighted by atomic mass is 10.1. The second kappa shape index (κ2) is 9.97. The maximum atomic E-state index is 12.2. The fraction of sp³-hybridized carbons (Fsp3) is 0.400. The summed E-state index contributed by atoms with van der Waals surface area (Å²) >= 11 is 1.38. The van der Waals surface area contributed by atoms with Crippen molar-refractivity contribution in [1.82, 2.24) is 0 Å². The smallest absolute Gasteiger partial charge is 0.341 e. The molecular weight excluding hydrogens is 350 g/mol. The van der Waals surface area contributed by atoms with Crippen molar-refractivity contribution in [2.75, 3.05) is 18.5 Å². The molecule has 5 nitrogen and oxygen atoms in total. The molecule has 1 N–H and O–H groups in total. The Hall–Kier alpha value is -2.34. The molecule has 2 aromatic rings. The van der Waals surface area contributed by atoms with Crippen molar-refractivity contribution >= 4 is 28.2 Å². The van der Waals surface area contributed by atoms with E-state index in [4.69, 9.17) is 9.47 Å². The summed E-state index contributed by atoms with van der Waals surface area (Å²) in [6, 6.07) is 9.50. The molecule has 26 heavy (non-hydrogen) atoms. The molecule has 2 rings (SSSR count). The number of hydrogen-bond donors (Lipinski definition) is 1. The predicted octanol–water partition coefficient (Wildman–Crippen LogP) is 4.46. The zero-order valence-corrected chi connectivity index (χ0v) is 16.3. The summed E-state index contributed by atoms with van der Waals surface area (Å²) < 4.78 is 10.6. The number of benzene rings is 1. The highest BCUT2D eigenvalue weighted by Gasteiger charge is 2.18. The van der Waals surface area contributed by atoms with Crippen LogP contribution in [-0.4, -0.2) is 25.1 Å². The van der Waals surface area contributed by atoms with E-state index in [2.05, 4.69) is 12.2 Å². The van der Waals surface area contributed by atoms with Gasteiger partial charge in [-0.3, -0.25) is 4.79 Å². The zero-order valence-electron chi connectivity index (χ0n) is 15.5. The Bertz CT molecular complexity index is 737. The van der Waals surface area contributed by atoms with Gasteiger partial charge in [-0.2, -0.15) is 0 Å². The molecule has 0 atom stereocenters. The number of ether oxygens (including phenoxy) is 2. The van der Waals surface area contributed by atoms with E-state index in [0.717, 1.165) is 24.1 Å². The molecule has 1 aromatic carbocycles. The predicted molar refractivity (Wildman–Crippen MR) is 104 cm³/mol. The van der Waals surface area contributed by atoms with Gasteiger partial charge in [-0.15, -0.1) is 11.3 Å². The monoisotopic (exact) mass is 375 g/mol. The first kappa shape index (κ1) is 20.0. The van der Waals surface area contributed by atoms with Gasteiger partial charge in [0.2, 0.25) is 0 Å². The van der Waals surface area contributed by atoms with Crippen molar-refractivity contribution in [3.63, 3.8) is 0 Å². The molecule has 1 heterocycles. The van der Waals surface area contributed by atoms with E-state index in [0.29, 0.717) is 22.9 Å². The molecule has 0 fully saturated rings. The van der Waals surface area contributed by atoms with Gasteiger partial charge in [0.05, 0.1) is 12.2 Å². The first-order chi connectivity index (χ1) is 12.6. The van der Waals surface area contributed by atoms with E-state index in [9.17, 15) is 9.59 Å². The summed E-state index contributed by atoms with van der Waals surface area (Å²) in [5, 5.41) is 3.27. The molecule has 1 amide bonds. The van der Waals surface area contributed by atoms with Gasteiger partial charge in [0.1, 0.15) is 10.8 Å². The van der Waals surface area contributed by atoms with Crippen LogP contribution in [0.2, 0.25) is 0 Å². The molecule has 0 unspecified atom stereocenters. The summed E-state index contributed by atoms with van der Waals surface area (Å²) in [5.74, 6) is -0.0880.